The molecule has 0 radical (unpaired) electrons. The number of aryl methyl sites for hydroxylation is 1. The molecule has 11 nitrogen and oxygen atoms in total. The summed E-state index contributed by atoms with van der Waals surface area (Å²) in [6.45, 7) is 1.03. The lowest BCUT2D eigenvalue weighted by Crippen LogP contribution is -2.41. The maximum absolute atomic E-state index is 12.5. The first-order valence-electron chi connectivity index (χ1n) is 8.92. The number of hydrazine groups is 1. The van der Waals surface area contributed by atoms with E-state index in [2.05, 4.69) is 26.4 Å². The highest BCUT2D eigenvalue weighted by Crippen LogP contribution is 2.21. The molecule has 0 unspecified atom stereocenters. The molecule has 0 atom stereocenters. The van der Waals surface area contributed by atoms with Crippen molar-refractivity contribution in [3.05, 3.63) is 29.8 Å². The fourth-order valence-corrected chi connectivity index (χ4v) is 5.00. The van der Waals surface area contributed by atoms with E-state index in [0.717, 1.165) is 12.8 Å². The first-order valence-corrected chi connectivity index (χ1v) is 11.3. The summed E-state index contributed by atoms with van der Waals surface area (Å²) in [5, 5.41) is 11.6. The third-order valence-corrected chi connectivity index (χ3v) is 7.20. The Kier molecular flexibility index (Phi) is 6.82. The molecular formula is C16H21N7O4S2. The van der Waals surface area contributed by atoms with Crippen molar-refractivity contribution in [2.75, 3.05) is 18.8 Å². The molecule has 2 N–H and O–H groups in total. The topological polar surface area (TPSA) is 139 Å². The SMILES string of the molecule is Cn1nnnc1SCCC(=O)NNC(=O)c1ccc(S(=O)(=O)N2CCCC2)cc1. The van der Waals surface area contributed by atoms with E-state index in [1.165, 1.54) is 45.0 Å². The Morgan fingerprint density at radius 2 is 1.83 bits per heavy atom. The number of sulfonamides is 1. The van der Waals surface area contributed by atoms with Crippen LogP contribution in [0.1, 0.15) is 29.6 Å². The number of hydrogen-bond donors (Lipinski definition) is 2. The fraction of sp³-hybridized carbons (Fsp3) is 0.438. The van der Waals surface area contributed by atoms with Crippen LogP contribution in [0.5, 0.6) is 0 Å². The lowest BCUT2D eigenvalue weighted by molar-refractivity contribution is -0.121. The molecule has 2 aromatic rings. The van der Waals surface area contributed by atoms with Crippen LogP contribution in [0, 0.1) is 0 Å². The van der Waals surface area contributed by atoms with Gasteiger partial charge in [0.2, 0.25) is 21.1 Å². The largest absolute Gasteiger partial charge is 0.273 e. The molecule has 156 valence electrons. The van der Waals surface area contributed by atoms with E-state index in [-0.39, 0.29) is 22.8 Å². The predicted octanol–water partition coefficient (Wildman–Crippen LogP) is -0.0620. The maximum Gasteiger partial charge on any atom is 0.269 e. The number of thioether (sulfide) groups is 1. The Hall–Kier alpha value is -2.51. The third kappa shape index (κ3) is 5.31. The van der Waals surface area contributed by atoms with Crippen LogP contribution in [0.2, 0.25) is 0 Å². The summed E-state index contributed by atoms with van der Waals surface area (Å²) in [4.78, 5) is 24.1. The molecule has 0 saturated carbocycles. The zero-order valence-corrected chi connectivity index (χ0v) is 17.4. The van der Waals surface area contributed by atoms with Crippen LogP contribution >= 0.6 is 11.8 Å². The van der Waals surface area contributed by atoms with Gasteiger partial charge in [-0.15, -0.1) is 5.10 Å². The van der Waals surface area contributed by atoms with E-state index in [1.54, 1.807) is 7.05 Å². The summed E-state index contributed by atoms with van der Waals surface area (Å²) >= 11 is 1.32. The van der Waals surface area contributed by atoms with Crippen LogP contribution in [0.3, 0.4) is 0 Å². The number of hydrogen-bond acceptors (Lipinski definition) is 8. The van der Waals surface area contributed by atoms with Gasteiger partial charge in [-0.05, 0) is 47.5 Å². The van der Waals surface area contributed by atoms with Crippen LogP contribution in [0.4, 0.5) is 0 Å². The van der Waals surface area contributed by atoms with E-state index in [1.807, 2.05) is 0 Å². The second-order valence-corrected chi connectivity index (χ2v) is 9.32. The van der Waals surface area contributed by atoms with Crippen molar-refractivity contribution in [3.8, 4) is 0 Å². The second-order valence-electron chi connectivity index (χ2n) is 6.32. The first-order chi connectivity index (χ1) is 13.9. The van der Waals surface area contributed by atoms with E-state index in [4.69, 9.17) is 0 Å². The van der Waals surface area contributed by atoms with Crippen molar-refractivity contribution >= 4 is 33.6 Å². The van der Waals surface area contributed by atoms with Crippen LogP contribution in [0.15, 0.2) is 34.3 Å². The van der Waals surface area contributed by atoms with Crippen molar-refractivity contribution in [2.24, 2.45) is 7.05 Å². The van der Waals surface area contributed by atoms with Crippen LogP contribution in [-0.4, -0.2) is 63.6 Å². The van der Waals surface area contributed by atoms with E-state index in [0.29, 0.717) is 24.0 Å². The summed E-state index contributed by atoms with van der Waals surface area (Å²) in [6.07, 6.45) is 1.87. The van der Waals surface area contributed by atoms with E-state index in [9.17, 15) is 18.0 Å². The fourth-order valence-electron chi connectivity index (χ4n) is 2.70. The monoisotopic (exact) mass is 439 g/mol. The molecule has 1 aromatic carbocycles. The highest BCUT2D eigenvalue weighted by Gasteiger charge is 2.27. The highest BCUT2D eigenvalue weighted by atomic mass is 32.2. The molecule has 2 amide bonds. The molecule has 2 heterocycles. The van der Waals surface area contributed by atoms with Gasteiger partial charge in [0.1, 0.15) is 0 Å². The maximum atomic E-state index is 12.5. The van der Waals surface area contributed by atoms with Crippen molar-refractivity contribution in [1.29, 1.82) is 0 Å². The van der Waals surface area contributed by atoms with Crippen molar-refractivity contribution in [1.82, 2.24) is 35.4 Å². The molecule has 1 aliphatic heterocycles. The molecule has 1 aliphatic rings. The number of nitrogens with zero attached hydrogens (tertiary/aromatic N) is 5. The quantitative estimate of drug-likeness (QED) is 0.452. The summed E-state index contributed by atoms with van der Waals surface area (Å²) < 4.78 is 27.9. The predicted molar refractivity (Wildman–Crippen MR) is 104 cm³/mol. The molecular weight excluding hydrogens is 418 g/mol. The van der Waals surface area contributed by atoms with Gasteiger partial charge in [-0.2, -0.15) is 4.31 Å². The molecule has 1 aromatic heterocycles. The van der Waals surface area contributed by atoms with Gasteiger partial charge in [-0.3, -0.25) is 20.4 Å². The number of rotatable bonds is 7. The van der Waals surface area contributed by atoms with Gasteiger partial charge >= 0.3 is 0 Å². The number of benzene rings is 1. The van der Waals surface area contributed by atoms with Gasteiger partial charge in [0.25, 0.3) is 5.91 Å². The van der Waals surface area contributed by atoms with Gasteiger partial charge in [0.05, 0.1) is 4.90 Å². The Morgan fingerprint density at radius 1 is 1.14 bits per heavy atom. The Balaban J connectivity index is 1.46. The number of nitrogens with one attached hydrogen (secondary N) is 2. The van der Waals surface area contributed by atoms with Gasteiger partial charge in [0.15, 0.2) is 0 Å². The van der Waals surface area contributed by atoms with Gasteiger partial charge < -0.3 is 0 Å². The molecule has 3 rings (SSSR count). The van der Waals surface area contributed by atoms with Crippen LogP contribution in [0.25, 0.3) is 0 Å². The lowest BCUT2D eigenvalue weighted by atomic mass is 10.2. The highest BCUT2D eigenvalue weighted by molar-refractivity contribution is 7.99. The molecule has 0 spiro atoms. The molecule has 1 saturated heterocycles. The van der Waals surface area contributed by atoms with E-state index < -0.39 is 15.9 Å². The van der Waals surface area contributed by atoms with Crippen LogP contribution < -0.4 is 10.9 Å². The summed E-state index contributed by atoms with van der Waals surface area (Å²) in [6, 6.07) is 5.63. The van der Waals surface area contributed by atoms with Gasteiger partial charge in [0, 0.05) is 37.9 Å². The zero-order valence-electron chi connectivity index (χ0n) is 15.7. The third-order valence-electron chi connectivity index (χ3n) is 4.28. The number of tetrazole rings is 1. The normalized spacial score (nSPS) is 14.7. The Bertz CT molecular complexity index is 969. The van der Waals surface area contributed by atoms with Gasteiger partial charge in [-0.25, -0.2) is 13.1 Å². The smallest absolute Gasteiger partial charge is 0.269 e. The Labute approximate surface area is 172 Å². The molecule has 0 bridgehead atoms. The average molecular weight is 440 g/mol. The number of carbonyl (C=O) groups is 2. The lowest BCUT2D eigenvalue weighted by Gasteiger charge is -2.15. The number of aromatic nitrogens is 4. The Morgan fingerprint density at radius 3 is 2.45 bits per heavy atom. The summed E-state index contributed by atoms with van der Waals surface area (Å²) in [7, 11) is -1.83. The second kappa shape index (κ2) is 9.33. The molecule has 29 heavy (non-hydrogen) atoms. The van der Waals surface area contributed by atoms with Crippen LogP contribution in [-0.2, 0) is 21.9 Å². The van der Waals surface area contributed by atoms with Gasteiger partial charge in [-0.1, -0.05) is 11.8 Å². The first kappa shape index (κ1) is 21.2. The summed E-state index contributed by atoms with van der Waals surface area (Å²) in [5.74, 6) is -0.457. The van der Waals surface area contributed by atoms with Crippen molar-refractivity contribution in [2.45, 2.75) is 29.3 Å². The summed E-state index contributed by atoms with van der Waals surface area (Å²) in [5.41, 5.74) is 4.88. The number of amides is 2. The molecule has 13 heteroatoms. The minimum Gasteiger partial charge on any atom is -0.273 e. The van der Waals surface area contributed by atoms with Crippen molar-refractivity contribution in [3.63, 3.8) is 0 Å². The molecule has 1 fully saturated rings. The zero-order chi connectivity index (χ0) is 20.9. The standard InChI is InChI=1S/C16H21N7O4S2/c1-22-16(19-20-21-22)28-11-8-14(24)17-18-15(25)12-4-6-13(7-5-12)29(26,27)23-9-2-3-10-23/h4-7H,2-3,8-11H2,1H3,(H,17,24)(H,18,25). The molecule has 0 aliphatic carbocycles. The average Bonchev–Trinajstić information content (AvgIpc) is 3.39. The number of carbonyl (C=O) groups excluding carboxylic acids is 2. The minimum atomic E-state index is -3.53. The van der Waals surface area contributed by atoms with E-state index >= 15 is 0 Å². The minimum absolute atomic E-state index is 0.148. The van der Waals surface area contributed by atoms with Crippen molar-refractivity contribution < 1.29 is 18.0 Å².